The second kappa shape index (κ2) is 18.2. The number of nitrogens with zero attached hydrogens (tertiary/aromatic N) is 2. The molecule has 1 aliphatic heterocycles. The predicted octanol–water partition coefficient (Wildman–Crippen LogP) is 9.41. The molecule has 2 heterocycles. The molecular formula is C32H50N2O2S2. The number of aliphatic hydroxyl groups excluding tert-OH is 1. The molecule has 0 bridgehead atoms. The molecule has 1 saturated heterocycles. The van der Waals surface area contributed by atoms with Gasteiger partial charge in [0.1, 0.15) is 5.75 Å². The van der Waals surface area contributed by atoms with Crippen LogP contribution in [0.5, 0.6) is 5.75 Å². The van der Waals surface area contributed by atoms with E-state index in [9.17, 15) is 5.11 Å². The normalized spacial score (nSPS) is 15.9. The molecular weight excluding hydrogens is 508 g/mol. The van der Waals surface area contributed by atoms with Gasteiger partial charge < -0.3 is 9.84 Å². The second-order valence-corrected chi connectivity index (χ2v) is 13.7. The molecule has 0 saturated carbocycles. The summed E-state index contributed by atoms with van der Waals surface area (Å²) < 4.78 is 5.79. The van der Waals surface area contributed by atoms with Gasteiger partial charge in [-0.2, -0.15) is 0 Å². The van der Waals surface area contributed by atoms with Gasteiger partial charge in [-0.05, 0) is 55.0 Å². The lowest BCUT2D eigenvalue weighted by atomic mass is 10.0. The van der Waals surface area contributed by atoms with Crippen molar-refractivity contribution < 1.29 is 9.84 Å². The third-order valence-corrected chi connectivity index (χ3v) is 10.8. The molecule has 0 unspecified atom stereocenters. The number of benzene rings is 1. The standard InChI is InChI=1S/C32H50N2O2S2/c1-3-5-7-9-11-13-16-29(35)24-32(37-22-15-23-38-32)28-25-33-31(34-26-28)27-17-19-30(20-18-27)36-21-14-12-10-8-6-4-2/h17-20,25-26,29,35H,3-16,21-24H2,1-2H3/t29-/m1/s1. The number of rotatable bonds is 19. The van der Waals surface area contributed by atoms with Crippen molar-refractivity contribution in [3.8, 4) is 17.1 Å². The van der Waals surface area contributed by atoms with Crippen LogP contribution in [0.2, 0.25) is 0 Å². The Hall–Kier alpha value is -1.24. The fourth-order valence-electron chi connectivity index (χ4n) is 5.00. The molecule has 4 nitrogen and oxygen atoms in total. The number of thioether (sulfide) groups is 2. The highest BCUT2D eigenvalue weighted by atomic mass is 32.2. The Bertz CT molecular complexity index is 870. The maximum Gasteiger partial charge on any atom is 0.159 e. The molecule has 2 aromatic rings. The van der Waals surface area contributed by atoms with Crippen molar-refractivity contribution in [2.75, 3.05) is 18.1 Å². The summed E-state index contributed by atoms with van der Waals surface area (Å²) in [5, 5.41) is 10.9. The molecule has 0 amide bonds. The quantitative estimate of drug-likeness (QED) is 0.173. The Kier molecular flexibility index (Phi) is 15.0. The molecule has 1 aromatic heterocycles. The van der Waals surface area contributed by atoms with Crippen molar-refractivity contribution in [2.45, 2.75) is 120 Å². The zero-order chi connectivity index (χ0) is 26.9. The van der Waals surface area contributed by atoms with E-state index < -0.39 is 0 Å². The van der Waals surface area contributed by atoms with E-state index in [2.05, 4.69) is 26.0 Å². The fraction of sp³-hybridized carbons (Fsp3) is 0.688. The van der Waals surface area contributed by atoms with Crippen molar-refractivity contribution in [3.05, 3.63) is 42.2 Å². The van der Waals surface area contributed by atoms with Crippen LogP contribution < -0.4 is 4.74 Å². The molecule has 1 fully saturated rings. The number of aliphatic hydroxyl groups is 1. The average Bonchev–Trinajstić information content (AvgIpc) is 2.95. The van der Waals surface area contributed by atoms with Gasteiger partial charge in [-0.15, -0.1) is 23.5 Å². The fourth-order valence-corrected chi connectivity index (χ4v) is 8.41. The van der Waals surface area contributed by atoms with E-state index in [0.717, 1.165) is 66.5 Å². The molecule has 212 valence electrons. The minimum Gasteiger partial charge on any atom is -0.494 e. The topological polar surface area (TPSA) is 55.2 Å². The summed E-state index contributed by atoms with van der Waals surface area (Å²) in [6.45, 7) is 5.28. The van der Waals surface area contributed by atoms with Gasteiger partial charge in [-0.1, -0.05) is 84.5 Å². The Morgan fingerprint density at radius 2 is 1.39 bits per heavy atom. The van der Waals surface area contributed by atoms with Crippen molar-refractivity contribution in [1.29, 1.82) is 0 Å². The van der Waals surface area contributed by atoms with Crippen LogP contribution in [0.15, 0.2) is 36.7 Å². The van der Waals surface area contributed by atoms with Crippen LogP contribution in [-0.2, 0) is 4.08 Å². The van der Waals surface area contributed by atoms with Crippen LogP contribution in [-0.4, -0.2) is 39.3 Å². The minimum atomic E-state index is -0.275. The average molecular weight is 559 g/mol. The van der Waals surface area contributed by atoms with Gasteiger partial charge in [0, 0.05) is 29.9 Å². The van der Waals surface area contributed by atoms with Gasteiger partial charge in [-0.3, -0.25) is 0 Å². The van der Waals surface area contributed by atoms with Crippen LogP contribution in [0, 0.1) is 0 Å². The Morgan fingerprint density at radius 3 is 2.03 bits per heavy atom. The molecule has 6 heteroatoms. The minimum absolute atomic E-state index is 0.146. The van der Waals surface area contributed by atoms with Crippen LogP contribution in [0.25, 0.3) is 11.4 Å². The molecule has 1 atom stereocenters. The Labute approximate surface area is 240 Å². The first kappa shape index (κ1) is 31.3. The van der Waals surface area contributed by atoms with Crippen molar-refractivity contribution in [2.24, 2.45) is 0 Å². The molecule has 1 aliphatic rings. The molecule has 0 aliphatic carbocycles. The van der Waals surface area contributed by atoms with E-state index in [0.29, 0.717) is 0 Å². The number of hydrogen-bond acceptors (Lipinski definition) is 6. The number of ether oxygens (including phenoxy) is 1. The lowest BCUT2D eigenvalue weighted by molar-refractivity contribution is 0.147. The van der Waals surface area contributed by atoms with Gasteiger partial charge in [0.15, 0.2) is 5.82 Å². The maximum absolute atomic E-state index is 10.9. The smallest absolute Gasteiger partial charge is 0.159 e. The third-order valence-electron chi connectivity index (χ3n) is 7.33. The summed E-state index contributed by atoms with van der Waals surface area (Å²) in [4.78, 5) is 9.52. The van der Waals surface area contributed by atoms with E-state index in [1.807, 2.05) is 48.1 Å². The summed E-state index contributed by atoms with van der Waals surface area (Å²) in [6.07, 6.45) is 21.8. The largest absolute Gasteiger partial charge is 0.494 e. The predicted molar refractivity (Wildman–Crippen MR) is 166 cm³/mol. The summed E-state index contributed by atoms with van der Waals surface area (Å²) >= 11 is 3.93. The lowest BCUT2D eigenvalue weighted by Crippen LogP contribution is -2.28. The van der Waals surface area contributed by atoms with Crippen LogP contribution in [0.1, 0.15) is 116 Å². The Morgan fingerprint density at radius 1 is 0.816 bits per heavy atom. The first-order chi connectivity index (χ1) is 18.7. The van der Waals surface area contributed by atoms with Crippen LogP contribution in [0.3, 0.4) is 0 Å². The van der Waals surface area contributed by atoms with E-state index in [-0.39, 0.29) is 10.2 Å². The molecule has 0 radical (unpaired) electrons. The van der Waals surface area contributed by atoms with E-state index in [1.54, 1.807) is 0 Å². The number of unbranched alkanes of at least 4 members (excludes halogenated alkanes) is 10. The zero-order valence-corrected chi connectivity index (χ0v) is 25.5. The van der Waals surface area contributed by atoms with Gasteiger partial charge in [0.05, 0.1) is 16.8 Å². The van der Waals surface area contributed by atoms with E-state index in [4.69, 9.17) is 14.7 Å². The SMILES string of the molecule is CCCCCCCCOc1ccc(-c2ncc(C3(C[C@H](O)CCCCCCCC)SCCCS3)cn2)cc1. The number of aromatic nitrogens is 2. The van der Waals surface area contributed by atoms with Crippen molar-refractivity contribution in [3.63, 3.8) is 0 Å². The number of hydrogen-bond donors (Lipinski definition) is 1. The first-order valence-electron chi connectivity index (χ1n) is 15.2. The maximum atomic E-state index is 10.9. The third kappa shape index (κ3) is 10.7. The highest BCUT2D eigenvalue weighted by Gasteiger charge is 2.38. The summed E-state index contributed by atoms with van der Waals surface area (Å²) in [5.74, 6) is 3.90. The first-order valence-corrected chi connectivity index (χ1v) is 17.2. The molecule has 1 aromatic carbocycles. The zero-order valence-electron chi connectivity index (χ0n) is 23.8. The van der Waals surface area contributed by atoms with E-state index >= 15 is 0 Å². The Balaban J connectivity index is 1.52. The summed E-state index contributed by atoms with van der Waals surface area (Å²) in [6, 6.07) is 8.15. The van der Waals surface area contributed by atoms with Crippen LogP contribution >= 0.6 is 23.5 Å². The molecule has 38 heavy (non-hydrogen) atoms. The van der Waals surface area contributed by atoms with Crippen LogP contribution in [0.4, 0.5) is 0 Å². The monoisotopic (exact) mass is 558 g/mol. The molecule has 0 spiro atoms. The van der Waals surface area contributed by atoms with Gasteiger partial charge in [0.2, 0.25) is 0 Å². The second-order valence-electron chi connectivity index (χ2n) is 10.7. The lowest BCUT2D eigenvalue weighted by Gasteiger charge is -2.37. The van der Waals surface area contributed by atoms with Gasteiger partial charge in [0.25, 0.3) is 0 Å². The summed E-state index contributed by atoms with van der Waals surface area (Å²) in [5.41, 5.74) is 2.14. The van der Waals surface area contributed by atoms with Gasteiger partial charge in [-0.25, -0.2) is 9.97 Å². The highest BCUT2D eigenvalue weighted by molar-refractivity contribution is 8.18. The summed E-state index contributed by atoms with van der Waals surface area (Å²) in [7, 11) is 0. The van der Waals surface area contributed by atoms with Gasteiger partial charge >= 0.3 is 0 Å². The molecule has 1 N–H and O–H groups in total. The highest BCUT2D eigenvalue weighted by Crippen LogP contribution is 2.53. The molecule has 3 rings (SSSR count). The van der Waals surface area contributed by atoms with Crippen molar-refractivity contribution >= 4 is 23.5 Å². The van der Waals surface area contributed by atoms with E-state index in [1.165, 1.54) is 70.6 Å². The van der Waals surface area contributed by atoms with Crippen molar-refractivity contribution in [1.82, 2.24) is 9.97 Å².